The van der Waals surface area contributed by atoms with Crippen LogP contribution in [-0.4, -0.2) is 74.8 Å². The van der Waals surface area contributed by atoms with Crippen molar-refractivity contribution < 1.29 is 0 Å². The van der Waals surface area contributed by atoms with Crippen LogP contribution in [0.15, 0.2) is 0 Å². The van der Waals surface area contributed by atoms with E-state index in [2.05, 4.69) is 74.8 Å². The summed E-state index contributed by atoms with van der Waals surface area (Å²) in [6.07, 6.45) is 0. The summed E-state index contributed by atoms with van der Waals surface area (Å²) in [4.78, 5) is 58.4. The second-order valence-corrected chi connectivity index (χ2v) is 10.4. The summed E-state index contributed by atoms with van der Waals surface area (Å²) in [6, 6.07) is 16.4. The van der Waals surface area contributed by atoms with Crippen LogP contribution in [0.5, 0.6) is 0 Å². The molecule has 0 aliphatic rings. The van der Waals surface area contributed by atoms with E-state index in [9.17, 15) is 47.4 Å². The highest BCUT2D eigenvalue weighted by molar-refractivity contribution is 5.70. The maximum atomic E-state index is 10.4. The zero-order valence-electron chi connectivity index (χ0n) is 26.1. The van der Waals surface area contributed by atoms with E-state index in [1.165, 1.54) is 0 Å². The van der Waals surface area contributed by atoms with Gasteiger partial charge in [-0.1, -0.05) is 0 Å². The molecule has 54 heavy (non-hydrogen) atoms. The molecule has 0 spiro atoms. The molecular formula is C30H6N24. The third-order valence-electron chi connectivity index (χ3n) is 7.36. The number of imidazole rings is 3. The molecule has 0 bridgehead atoms. The van der Waals surface area contributed by atoms with Crippen molar-refractivity contribution in [3.05, 3.63) is 69.1 Å². The molecule has 3 N–H and O–H groups in total. The smallest absolute Gasteiger partial charge is 0.198 e. The van der Waals surface area contributed by atoms with Gasteiger partial charge in [-0.05, 0) is 0 Å². The third-order valence-corrected chi connectivity index (χ3v) is 7.36. The van der Waals surface area contributed by atoms with Gasteiger partial charge in [0.25, 0.3) is 0 Å². The summed E-state index contributed by atoms with van der Waals surface area (Å²) >= 11 is 0. The summed E-state index contributed by atoms with van der Waals surface area (Å²) < 4.78 is 0. The number of hydrogen-bond acceptors (Lipinski definition) is 21. The van der Waals surface area contributed by atoms with Crippen LogP contribution < -0.4 is 0 Å². The lowest BCUT2D eigenvalue weighted by Crippen LogP contribution is -2.18. The molecular weight excluding hydrogens is 696 g/mol. The molecule has 0 saturated heterocycles. The first-order valence-electron chi connectivity index (χ1n) is 14.5. The Balaban J connectivity index is 1.42. The van der Waals surface area contributed by atoms with Crippen LogP contribution in [0.25, 0.3) is 33.9 Å². The Bertz CT molecular complexity index is 2650. The molecule has 7 rings (SSSR count). The van der Waals surface area contributed by atoms with Gasteiger partial charge in [-0.3, -0.25) is 0 Å². The molecule has 7 heterocycles. The van der Waals surface area contributed by atoms with Crippen molar-refractivity contribution in [3.8, 4) is 54.6 Å². The van der Waals surface area contributed by atoms with Gasteiger partial charge < -0.3 is 15.0 Å². The maximum absolute atomic E-state index is 10.4. The number of H-pyrrole nitrogens is 3. The molecule has 0 saturated carbocycles. The van der Waals surface area contributed by atoms with Gasteiger partial charge in [0.15, 0.2) is 103 Å². The fourth-order valence-corrected chi connectivity index (χ4v) is 4.97. The molecule has 0 amide bonds. The van der Waals surface area contributed by atoms with Crippen LogP contribution in [0, 0.1) is 102 Å². The summed E-state index contributed by atoms with van der Waals surface area (Å²) in [5.74, 6) is -5.99. The molecule has 0 radical (unpaired) electrons. The Morgan fingerprint density at radius 3 is 0.778 bits per heavy atom. The van der Waals surface area contributed by atoms with Crippen molar-refractivity contribution in [3.63, 3.8) is 0 Å². The van der Waals surface area contributed by atoms with Crippen molar-refractivity contribution in [1.82, 2.24) is 74.8 Å². The average Bonchev–Trinajstić information content (AvgIpc) is 3.92. The SMILES string of the molecule is N#Cc1nc2nc(C(C#N)c3nc(C(C#N)c4nc5nc(C#N)c(C#N)nc5[nH]4)nc(C(C#N)c4nc5nc(C#N)c(C#N)nc5[nH]4)n3)[nH]c2nc1C#N. The zero-order chi connectivity index (χ0) is 38.1. The highest BCUT2D eigenvalue weighted by Gasteiger charge is 2.32. The Hall–Kier alpha value is -9.93. The first-order chi connectivity index (χ1) is 26.3. The lowest BCUT2D eigenvalue weighted by Gasteiger charge is -2.13. The monoisotopic (exact) mass is 702 g/mol. The van der Waals surface area contributed by atoms with Crippen LogP contribution in [-0.2, 0) is 0 Å². The van der Waals surface area contributed by atoms with E-state index >= 15 is 0 Å². The molecule has 0 aromatic carbocycles. The fraction of sp³-hybridized carbons (Fsp3) is 0.100. The van der Waals surface area contributed by atoms with Gasteiger partial charge in [0.1, 0.15) is 53.9 Å². The largest absolute Gasteiger partial charge is 0.324 e. The molecule has 0 aliphatic heterocycles. The minimum atomic E-state index is -1.50. The summed E-state index contributed by atoms with van der Waals surface area (Å²) in [6.45, 7) is 0. The van der Waals surface area contributed by atoms with E-state index in [1.807, 2.05) is 18.2 Å². The summed E-state index contributed by atoms with van der Waals surface area (Å²) in [5, 5.41) is 87.5. The van der Waals surface area contributed by atoms with Gasteiger partial charge >= 0.3 is 0 Å². The van der Waals surface area contributed by atoms with Crippen LogP contribution in [0.2, 0.25) is 0 Å². The number of aromatic amines is 3. The van der Waals surface area contributed by atoms with Crippen molar-refractivity contribution in [2.24, 2.45) is 0 Å². The predicted octanol–water partition coefficient (Wildman–Crippen LogP) is 0.0670. The number of rotatable bonds is 6. The summed E-state index contributed by atoms with van der Waals surface area (Å²) in [5.41, 5.74) is -2.35. The third kappa shape index (κ3) is 5.27. The van der Waals surface area contributed by atoms with Gasteiger partial charge in [-0.2, -0.15) is 47.4 Å². The first-order valence-corrected chi connectivity index (χ1v) is 14.5. The van der Waals surface area contributed by atoms with E-state index in [0.717, 1.165) is 0 Å². The number of nitriles is 9. The van der Waals surface area contributed by atoms with Crippen molar-refractivity contribution in [2.75, 3.05) is 0 Å². The number of nitrogens with zero attached hydrogens (tertiary/aromatic N) is 21. The Kier molecular flexibility index (Phi) is 7.75. The second-order valence-electron chi connectivity index (χ2n) is 10.4. The number of hydrogen-bond donors (Lipinski definition) is 3. The van der Waals surface area contributed by atoms with E-state index < -0.39 is 17.8 Å². The van der Waals surface area contributed by atoms with Gasteiger partial charge in [0.2, 0.25) is 0 Å². The first kappa shape index (κ1) is 32.6. The lowest BCUT2D eigenvalue weighted by molar-refractivity contribution is 0.705. The Morgan fingerprint density at radius 1 is 0.315 bits per heavy atom. The van der Waals surface area contributed by atoms with E-state index in [1.54, 1.807) is 36.4 Å². The molecule has 24 nitrogen and oxygen atoms in total. The van der Waals surface area contributed by atoms with Crippen LogP contribution >= 0.6 is 0 Å². The lowest BCUT2D eigenvalue weighted by atomic mass is 10.1. The van der Waals surface area contributed by atoms with Gasteiger partial charge in [-0.15, -0.1) is 0 Å². The standard InChI is InChI=1S/C30H6N24/c31-1-10(22-49-25-26(50-22)41-14(5-35)13(4-34)40-25)19-46-20(11(2-32)23-51-27-28(52-23)43-16(7-37)15(6-36)42-27)48-21(47-19)12(3-33)24-53-29-30(54-24)45-18(9-39)17(8-38)44-29/h10-12H,(H,40,41,49,50)(H,42,43,51,52)(H,44,45,53,54). The zero-order valence-corrected chi connectivity index (χ0v) is 26.1. The van der Waals surface area contributed by atoms with Gasteiger partial charge in [0.05, 0.1) is 18.2 Å². The number of aromatic nitrogens is 15. The highest BCUT2D eigenvalue weighted by atomic mass is 15.1. The molecule has 7 aromatic heterocycles. The maximum Gasteiger partial charge on any atom is 0.198 e. The second kappa shape index (κ2) is 12.8. The fourth-order valence-electron chi connectivity index (χ4n) is 4.97. The normalized spacial score (nSPS) is 12.1. The van der Waals surface area contributed by atoms with Crippen molar-refractivity contribution >= 4 is 33.9 Å². The van der Waals surface area contributed by atoms with Crippen LogP contribution in [0.1, 0.15) is 86.9 Å². The number of fused-ring (bicyclic) bond motifs is 3. The van der Waals surface area contributed by atoms with E-state index in [4.69, 9.17) is 0 Å². The molecule has 0 fully saturated rings. The topological polar surface area (TPSA) is 416 Å². The molecule has 7 aromatic rings. The van der Waals surface area contributed by atoms with Crippen LogP contribution in [0.4, 0.5) is 0 Å². The molecule has 24 heteroatoms. The quantitative estimate of drug-likeness (QED) is 0.206. The molecule has 246 valence electrons. The minimum Gasteiger partial charge on any atom is -0.324 e. The summed E-state index contributed by atoms with van der Waals surface area (Å²) in [7, 11) is 0. The number of nitrogens with one attached hydrogen (secondary N) is 3. The highest BCUT2D eigenvalue weighted by Crippen LogP contribution is 2.29. The molecule has 0 unspecified atom stereocenters. The van der Waals surface area contributed by atoms with Crippen molar-refractivity contribution in [1.29, 1.82) is 47.4 Å². The predicted molar refractivity (Wildman–Crippen MR) is 166 cm³/mol. The van der Waals surface area contributed by atoms with Gasteiger partial charge in [0, 0.05) is 0 Å². The molecule has 0 atom stereocenters. The van der Waals surface area contributed by atoms with Gasteiger partial charge in [-0.25, -0.2) is 59.8 Å². The Labute approximate surface area is 297 Å². The minimum absolute atomic E-state index is 0.0494. The van der Waals surface area contributed by atoms with Crippen LogP contribution in [0.3, 0.4) is 0 Å². The average molecular weight is 703 g/mol. The van der Waals surface area contributed by atoms with E-state index in [0.29, 0.717) is 0 Å². The Morgan fingerprint density at radius 2 is 0.556 bits per heavy atom. The molecule has 0 aliphatic carbocycles. The van der Waals surface area contributed by atoms with Crippen molar-refractivity contribution in [2.45, 2.75) is 17.8 Å². The van der Waals surface area contributed by atoms with E-state index in [-0.39, 0.29) is 103 Å².